The highest BCUT2D eigenvalue weighted by atomic mass is 16.2. The first kappa shape index (κ1) is 24.2. The first-order valence-electron chi connectivity index (χ1n) is 13.9. The molecule has 0 radical (unpaired) electrons. The third-order valence-corrected chi connectivity index (χ3v) is 8.80. The lowest BCUT2D eigenvalue weighted by atomic mass is 9.87. The topological polar surface area (TPSA) is 78.3 Å². The molecule has 1 saturated carbocycles. The molecule has 37 heavy (non-hydrogen) atoms. The lowest BCUT2D eigenvalue weighted by Crippen LogP contribution is -2.46. The molecular weight excluding hydrogens is 460 g/mol. The Labute approximate surface area is 218 Å². The second kappa shape index (κ2) is 9.60. The number of rotatable bonds is 6. The highest BCUT2D eigenvalue weighted by molar-refractivity contribution is 5.92. The maximum absolute atomic E-state index is 12.7. The van der Waals surface area contributed by atoms with Crippen LogP contribution in [0.5, 0.6) is 0 Å². The number of hydrogen-bond donors (Lipinski definition) is 2. The van der Waals surface area contributed by atoms with Crippen LogP contribution in [0.25, 0.3) is 27.8 Å². The number of hydrogen-bond acceptors (Lipinski definition) is 4. The number of nitrogens with zero attached hydrogens (tertiary/aromatic N) is 4. The summed E-state index contributed by atoms with van der Waals surface area (Å²) >= 11 is 0. The zero-order valence-electron chi connectivity index (χ0n) is 22.5. The van der Waals surface area contributed by atoms with Gasteiger partial charge >= 0.3 is 0 Å². The number of piperidine rings is 1. The molecule has 3 aromatic heterocycles. The van der Waals surface area contributed by atoms with E-state index >= 15 is 0 Å². The van der Waals surface area contributed by atoms with Crippen molar-refractivity contribution in [2.75, 3.05) is 19.6 Å². The highest BCUT2D eigenvalue weighted by Crippen LogP contribution is 2.40. The van der Waals surface area contributed by atoms with Gasteiger partial charge in [0.25, 0.3) is 0 Å². The Bertz CT molecular complexity index is 1450. The largest absolute Gasteiger partial charge is 0.354 e. The first-order chi connectivity index (χ1) is 17.9. The van der Waals surface area contributed by atoms with Gasteiger partial charge in [-0.1, -0.05) is 26.3 Å². The summed E-state index contributed by atoms with van der Waals surface area (Å²) in [6, 6.07) is 7.49. The van der Waals surface area contributed by atoms with E-state index in [1.165, 1.54) is 58.1 Å². The van der Waals surface area contributed by atoms with Crippen LogP contribution in [0.1, 0.15) is 80.0 Å². The Kier molecular flexibility index (Phi) is 6.27. The summed E-state index contributed by atoms with van der Waals surface area (Å²) in [6.45, 7) is 11.0. The molecule has 0 spiro atoms. The second-order valence-corrected chi connectivity index (χ2v) is 11.4. The van der Waals surface area contributed by atoms with Crippen LogP contribution in [0.4, 0.5) is 0 Å². The molecule has 6 rings (SSSR count). The lowest BCUT2D eigenvalue weighted by molar-refractivity contribution is -0.131. The fraction of sp³-hybridized carbons (Fsp3) is 0.500. The van der Waals surface area contributed by atoms with Gasteiger partial charge in [-0.05, 0) is 85.8 Å². The van der Waals surface area contributed by atoms with E-state index in [1.54, 1.807) is 6.33 Å². The Hall–Kier alpha value is -3.19. The van der Waals surface area contributed by atoms with Crippen LogP contribution in [0.2, 0.25) is 0 Å². The second-order valence-electron chi connectivity index (χ2n) is 11.4. The van der Waals surface area contributed by atoms with E-state index in [2.05, 4.69) is 77.4 Å². The molecule has 1 aliphatic heterocycles. The Morgan fingerprint density at radius 3 is 2.62 bits per heavy atom. The van der Waals surface area contributed by atoms with Crippen molar-refractivity contribution in [3.8, 4) is 11.3 Å². The molecule has 0 atom stereocenters. The molecule has 4 aromatic rings. The third kappa shape index (κ3) is 4.33. The highest BCUT2D eigenvalue weighted by Gasteiger charge is 2.26. The van der Waals surface area contributed by atoms with E-state index in [4.69, 9.17) is 0 Å². The fourth-order valence-electron chi connectivity index (χ4n) is 6.17. The van der Waals surface area contributed by atoms with Crippen molar-refractivity contribution in [3.63, 3.8) is 0 Å². The lowest BCUT2D eigenvalue weighted by Gasteiger charge is -2.33. The molecule has 2 fully saturated rings. The number of aryl methyl sites for hydroxylation is 1. The van der Waals surface area contributed by atoms with Crippen LogP contribution in [-0.4, -0.2) is 56.1 Å². The summed E-state index contributed by atoms with van der Waals surface area (Å²) < 4.78 is 1.88. The number of nitrogens with one attached hydrogen (secondary N) is 2. The predicted octanol–water partition coefficient (Wildman–Crippen LogP) is 5.47. The number of aromatic nitrogens is 4. The van der Waals surface area contributed by atoms with Crippen molar-refractivity contribution < 1.29 is 4.79 Å². The van der Waals surface area contributed by atoms with Crippen molar-refractivity contribution in [2.45, 2.75) is 77.7 Å². The van der Waals surface area contributed by atoms with Crippen molar-refractivity contribution >= 4 is 22.5 Å². The minimum atomic E-state index is 0.258. The normalized spacial score (nSPS) is 17.3. The van der Waals surface area contributed by atoms with Crippen LogP contribution >= 0.6 is 0 Å². The summed E-state index contributed by atoms with van der Waals surface area (Å²) in [5, 5.41) is 9.15. The molecule has 0 bridgehead atoms. The molecular formula is C30H38N6O. The molecule has 0 unspecified atom stereocenters. The molecule has 194 valence electrons. The average molecular weight is 499 g/mol. The number of fused-ring (bicyclic) bond motifs is 2. The van der Waals surface area contributed by atoms with E-state index in [-0.39, 0.29) is 5.91 Å². The van der Waals surface area contributed by atoms with Crippen molar-refractivity contribution in [3.05, 3.63) is 53.0 Å². The Morgan fingerprint density at radius 2 is 1.92 bits per heavy atom. The Morgan fingerprint density at radius 1 is 1.14 bits per heavy atom. The zero-order chi connectivity index (χ0) is 25.7. The van der Waals surface area contributed by atoms with Gasteiger partial charge in [0.05, 0.1) is 12.2 Å². The average Bonchev–Trinajstić information content (AvgIpc) is 3.49. The van der Waals surface area contributed by atoms with E-state index in [0.717, 1.165) is 37.1 Å². The predicted molar refractivity (Wildman–Crippen MR) is 148 cm³/mol. The van der Waals surface area contributed by atoms with Gasteiger partial charge in [0.15, 0.2) is 5.65 Å². The quantitative estimate of drug-likeness (QED) is 0.370. The minimum absolute atomic E-state index is 0.258. The van der Waals surface area contributed by atoms with Gasteiger partial charge < -0.3 is 15.2 Å². The molecule has 1 aliphatic carbocycles. The van der Waals surface area contributed by atoms with Crippen LogP contribution < -0.4 is 5.32 Å². The summed E-state index contributed by atoms with van der Waals surface area (Å²) in [4.78, 5) is 22.9. The van der Waals surface area contributed by atoms with Crippen molar-refractivity contribution in [2.24, 2.45) is 0 Å². The Balaban J connectivity index is 1.26. The molecule has 4 heterocycles. The molecule has 7 nitrogen and oxygen atoms in total. The summed E-state index contributed by atoms with van der Waals surface area (Å²) in [5.41, 5.74) is 9.58. The number of aromatic amines is 1. The SMILES string of the molecule is Cc1c(-c2[nH]c3ccc(C4CCN(C(=O)CNC5CCC5)CC4)cc3c2C(C)C)cn2ncnc2c1C. The van der Waals surface area contributed by atoms with Gasteiger partial charge in [-0.25, -0.2) is 9.50 Å². The van der Waals surface area contributed by atoms with Crippen LogP contribution in [0.3, 0.4) is 0 Å². The fourth-order valence-corrected chi connectivity index (χ4v) is 6.17. The van der Waals surface area contributed by atoms with Gasteiger partial charge in [-0.15, -0.1) is 0 Å². The number of pyridine rings is 1. The number of H-pyrrole nitrogens is 1. The monoisotopic (exact) mass is 498 g/mol. The van der Waals surface area contributed by atoms with Crippen molar-refractivity contribution in [1.29, 1.82) is 0 Å². The van der Waals surface area contributed by atoms with Crippen LogP contribution in [-0.2, 0) is 4.79 Å². The standard InChI is InChI=1S/C30H38N6O/c1-18(2)28-24-14-22(21-10-12-35(13-11-21)27(37)15-31-23-6-5-7-23)8-9-26(24)34-29(28)25-16-36-30(32-17-33-36)20(4)19(25)3/h8-9,14,16-18,21,23,31,34H,5-7,10-13,15H2,1-4H3. The van der Waals surface area contributed by atoms with E-state index in [1.807, 2.05) is 4.52 Å². The molecule has 1 amide bonds. The van der Waals surface area contributed by atoms with Crippen LogP contribution in [0.15, 0.2) is 30.7 Å². The summed E-state index contributed by atoms with van der Waals surface area (Å²) in [7, 11) is 0. The third-order valence-electron chi connectivity index (χ3n) is 8.80. The number of likely N-dealkylation sites (tertiary alicyclic amines) is 1. The van der Waals surface area contributed by atoms with E-state index in [9.17, 15) is 4.79 Å². The van der Waals surface area contributed by atoms with E-state index in [0.29, 0.717) is 24.4 Å². The van der Waals surface area contributed by atoms with Gasteiger partial charge in [0.1, 0.15) is 6.33 Å². The van der Waals surface area contributed by atoms with Crippen LogP contribution in [0, 0.1) is 13.8 Å². The maximum atomic E-state index is 12.7. The maximum Gasteiger partial charge on any atom is 0.236 e. The number of benzene rings is 1. The zero-order valence-corrected chi connectivity index (χ0v) is 22.5. The summed E-state index contributed by atoms with van der Waals surface area (Å²) in [6.07, 6.45) is 9.49. The molecule has 2 N–H and O–H groups in total. The minimum Gasteiger partial charge on any atom is -0.354 e. The first-order valence-corrected chi connectivity index (χ1v) is 13.9. The molecule has 1 aromatic carbocycles. The number of carbonyl (C=O) groups excluding carboxylic acids is 1. The molecule has 2 aliphatic rings. The summed E-state index contributed by atoms with van der Waals surface area (Å²) in [5.74, 6) is 1.11. The van der Waals surface area contributed by atoms with Gasteiger partial charge in [0, 0.05) is 41.8 Å². The van der Waals surface area contributed by atoms with E-state index < -0.39 is 0 Å². The van der Waals surface area contributed by atoms with Gasteiger partial charge in [-0.2, -0.15) is 5.10 Å². The smallest absolute Gasteiger partial charge is 0.236 e. The van der Waals surface area contributed by atoms with Gasteiger partial charge in [0.2, 0.25) is 5.91 Å². The number of carbonyl (C=O) groups is 1. The molecule has 1 saturated heterocycles. The van der Waals surface area contributed by atoms with Gasteiger partial charge in [-0.3, -0.25) is 4.79 Å². The molecule has 7 heteroatoms. The number of amides is 1. The van der Waals surface area contributed by atoms with Crippen molar-refractivity contribution in [1.82, 2.24) is 29.8 Å².